The lowest BCUT2D eigenvalue weighted by molar-refractivity contribution is 0.564. The topological polar surface area (TPSA) is 58.9 Å². The standard InChI is InChI=1S/C15H10N2O2/c1-11-7-8-13(12-5-3-2-4-6-12)15(17-10-19)14(11)16-9-18/h2-8H,1H3. The van der Waals surface area contributed by atoms with Gasteiger partial charge in [0.25, 0.3) is 0 Å². The minimum atomic E-state index is 0.338. The largest absolute Gasteiger partial charge is 0.240 e. The van der Waals surface area contributed by atoms with Crippen molar-refractivity contribution >= 4 is 23.5 Å². The number of hydrogen-bond donors (Lipinski definition) is 0. The van der Waals surface area contributed by atoms with Crippen molar-refractivity contribution in [1.29, 1.82) is 0 Å². The van der Waals surface area contributed by atoms with Gasteiger partial charge in [0.05, 0.1) is 0 Å². The Balaban J connectivity index is 2.78. The summed E-state index contributed by atoms with van der Waals surface area (Å²) in [6.07, 6.45) is 2.99. The fourth-order valence-corrected chi connectivity index (χ4v) is 1.88. The van der Waals surface area contributed by atoms with E-state index in [1.165, 1.54) is 12.2 Å². The van der Waals surface area contributed by atoms with E-state index in [9.17, 15) is 9.59 Å². The van der Waals surface area contributed by atoms with Crippen LogP contribution in [0.1, 0.15) is 5.56 Å². The molecular weight excluding hydrogens is 240 g/mol. The maximum absolute atomic E-state index is 10.6. The number of hydrogen-bond acceptors (Lipinski definition) is 4. The summed E-state index contributed by atoms with van der Waals surface area (Å²) in [5.41, 5.74) is 3.05. The molecule has 0 heterocycles. The molecule has 0 saturated carbocycles. The molecule has 0 unspecified atom stereocenters. The predicted octanol–water partition coefficient (Wildman–Crippen LogP) is 3.60. The average Bonchev–Trinajstić information content (AvgIpc) is 2.44. The van der Waals surface area contributed by atoms with Gasteiger partial charge in [-0.3, -0.25) is 0 Å². The Kier molecular flexibility index (Phi) is 3.79. The first kappa shape index (κ1) is 12.7. The van der Waals surface area contributed by atoms with Crippen LogP contribution >= 0.6 is 0 Å². The number of benzene rings is 2. The zero-order chi connectivity index (χ0) is 13.7. The first-order valence-corrected chi connectivity index (χ1v) is 5.62. The highest BCUT2D eigenvalue weighted by Gasteiger charge is 2.12. The van der Waals surface area contributed by atoms with E-state index in [2.05, 4.69) is 9.98 Å². The SMILES string of the molecule is Cc1ccc(-c2ccccc2)c(N=C=O)c1N=C=O. The Bertz CT molecular complexity index is 696. The van der Waals surface area contributed by atoms with E-state index in [-0.39, 0.29) is 0 Å². The number of isocyanates is 2. The summed E-state index contributed by atoms with van der Waals surface area (Å²) in [5.74, 6) is 0. The molecule has 0 aliphatic rings. The van der Waals surface area contributed by atoms with Gasteiger partial charge in [0.2, 0.25) is 12.2 Å². The van der Waals surface area contributed by atoms with Gasteiger partial charge in [0.1, 0.15) is 11.4 Å². The molecule has 19 heavy (non-hydrogen) atoms. The van der Waals surface area contributed by atoms with Gasteiger partial charge in [0, 0.05) is 5.56 Å². The van der Waals surface area contributed by atoms with Crippen LogP contribution in [-0.2, 0) is 9.59 Å². The molecule has 4 heteroatoms. The molecule has 0 radical (unpaired) electrons. The summed E-state index contributed by atoms with van der Waals surface area (Å²) in [4.78, 5) is 28.4. The second kappa shape index (κ2) is 5.69. The molecule has 92 valence electrons. The van der Waals surface area contributed by atoms with Gasteiger partial charge >= 0.3 is 0 Å². The molecule has 0 amide bonds. The maximum atomic E-state index is 10.6. The number of aryl methyl sites for hydroxylation is 1. The van der Waals surface area contributed by atoms with E-state index in [0.29, 0.717) is 11.4 Å². The van der Waals surface area contributed by atoms with Crippen LogP contribution in [0.5, 0.6) is 0 Å². The Labute approximate surface area is 110 Å². The molecule has 0 saturated heterocycles. The van der Waals surface area contributed by atoms with Crippen LogP contribution in [0.4, 0.5) is 11.4 Å². The molecular formula is C15H10N2O2. The zero-order valence-corrected chi connectivity index (χ0v) is 10.3. The van der Waals surface area contributed by atoms with Crippen molar-refractivity contribution in [1.82, 2.24) is 0 Å². The van der Waals surface area contributed by atoms with E-state index >= 15 is 0 Å². The Morgan fingerprint density at radius 3 is 2.11 bits per heavy atom. The minimum Gasteiger partial charge on any atom is -0.211 e. The molecule has 2 rings (SSSR count). The third kappa shape index (κ3) is 2.55. The van der Waals surface area contributed by atoms with Crippen LogP contribution in [-0.4, -0.2) is 12.2 Å². The summed E-state index contributed by atoms with van der Waals surface area (Å²) in [6, 6.07) is 13.1. The monoisotopic (exact) mass is 250 g/mol. The number of nitrogens with zero attached hydrogens (tertiary/aromatic N) is 2. The van der Waals surface area contributed by atoms with Crippen molar-refractivity contribution in [3.63, 3.8) is 0 Å². The van der Waals surface area contributed by atoms with E-state index in [1.807, 2.05) is 42.5 Å². The normalized spacial score (nSPS) is 9.32. The van der Waals surface area contributed by atoms with Gasteiger partial charge in [-0.1, -0.05) is 42.5 Å². The average molecular weight is 250 g/mol. The molecule has 0 fully saturated rings. The van der Waals surface area contributed by atoms with Crippen molar-refractivity contribution in [2.24, 2.45) is 9.98 Å². The van der Waals surface area contributed by atoms with Gasteiger partial charge in [-0.15, -0.1) is 0 Å². The molecule has 0 spiro atoms. The van der Waals surface area contributed by atoms with Gasteiger partial charge in [-0.05, 0) is 18.1 Å². The fraction of sp³-hybridized carbons (Fsp3) is 0.0667. The van der Waals surface area contributed by atoms with E-state index in [4.69, 9.17) is 0 Å². The highest BCUT2D eigenvalue weighted by atomic mass is 16.1. The van der Waals surface area contributed by atoms with Crippen molar-refractivity contribution < 1.29 is 9.59 Å². The molecule has 2 aromatic rings. The number of rotatable bonds is 3. The Hall–Kier alpha value is -2.80. The third-order valence-electron chi connectivity index (χ3n) is 2.75. The van der Waals surface area contributed by atoms with Gasteiger partial charge < -0.3 is 0 Å². The molecule has 0 bridgehead atoms. The van der Waals surface area contributed by atoms with E-state index in [1.54, 1.807) is 6.92 Å². The lowest BCUT2D eigenvalue weighted by Crippen LogP contribution is -1.83. The molecule has 2 aromatic carbocycles. The van der Waals surface area contributed by atoms with E-state index in [0.717, 1.165) is 16.7 Å². The zero-order valence-electron chi connectivity index (χ0n) is 10.3. The maximum Gasteiger partial charge on any atom is 0.240 e. The molecule has 0 aromatic heterocycles. The van der Waals surface area contributed by atoms with E-state index < -0.39 is 0 Å². The molecule has 4 nitrogen and oxygen atoms in total. The van der Waals surface area contributed by atoms with Crippen molar-refractivity contribution in [3.05, 3.63) is 48.0 Å². The Morgan fingerprint density at radius 2 is 1.47 bits per heavy atom. The van der Waals surface area contributed by atoms with Crippen molar-refractivity contribution in [3.8, 4) is 11.1 Å². The number of carbonyl (C=O) groups excluding carboxylic acids is 2. The number of aliphatic imine (C=N–C) groups is 2. The van der Waals surface area contributed by atoms with Gasteiger partial charge in [0.15, 0.2) is 0 Å². The summed E-state index contributed by atoms with van der Waals surface area (Å²) >= 11 is 0. The molecule has 0 aliphatic carbocycles. The molecule has 0 atom stereocenters. The van der Waals surface area contributed by atoms with Crippen LogP contribution in [0, 0.1) is 6.92 Å². The summed E-state index contributed by atoms with van der Waals surface area (Å²) in [7, 11) is 0. The van der Waals surface area contributed by atoms with Crippen molar-refractivity contribution in [2.75, 3.05) is 0 Å². The highest BCUT2D eigenvalue weighted by Crippen LogP contribution is 2.40. The predicted molar refractivity (Wildman–Crippen MR) is 72.2 cm³/mol. The first-order valence-electron chi connectivity index (χ1n) is 5.62. The Morgan fingerprint density at radius 1 is 0.842 bits per heavy atom. The second-order valence-electron chi connectivity index (χ2n) is 3.90. The van der Waals surface area contributed by atoms with Crippen LogP contribution in [0.2, 0.25) is 0 Å². The first-order chi connectivity index (χ1) is 9.27. The van der Waals surface area contributed by atoms with Gasteiger partial charge in [-0.2, -0.15) is 9.98 Å². The fourth-order valence-electron chi connectivity index (χ4n) is 1.88. The van der Waals surface area contributed by atoms with Crippen LogP contribution in [0.15, 0.2) is 52.4 Å². The summed E-state index contributed by atoms with van der Waals surface area (Å²) in [5, 5.41) is 0. The van der Waals surface area contributed by atoms with Crippen LogP contribution in [0.25, 0.3) is 11.1 Å². The smallest absolute Gasteiger partial charge is 0.211 e. The van der Waals surface area contributed by atoms with Crippen LogP contribution in [0.3, 0.4) is 0 Å². The molecule has 0 N–H and O–H groups in total. The van der Waals surface area contributed by atoms with Gasteiger partial charge in [-0.25, -0.2) is 9.59 Å². The summed E-state index contributed by atoms with van der Waals surface area (Å²) < 4.78 is 0. The molecule has 0 aliphatic heterocycles. The lowest BCUT2D eigenvalue weighted by Gasteiger charge is -2.09. The second-order valence-corrected chi connectivity index (χ2v) is 3.90. The lowest BCUT2D eigenvalue weighted by atomic mass is 10.0. The third-order valence-corrected chi connectivity index (χ3v) is 2.75. The minimum absolute atomic E-state index is 0.338. The quantitative estimate of drug-likeness (QED) is 0.617. The van der Waals surface area contributed by atoms with Crippen molar-refractivity contribution in [2.45, 2.75) is 6.92 Å². The summed E-state index contributed by atoms with van der Waals surface area (Å²) in [6.45, 7) is 1.79. The highest BCUT2D eigenvalue weighted by molar-refractivity contribution is 5.87. The van der Waals surface area contributed by atoms with Crippen LogP contribution < -0.4 is 0 Å².